The number of hydrogen-bond donors (Lipinski definition) is 2. The van der Waals surface area contributed by atoms with Crippen molar-refractivity contribution in [2.75, 3.05) is 26.8 Å². The minimum Gasteiger partial charge on any atom is -0.380 e. The molecule has 0 spiro atoms. The molecule has 114 valence electrons. The van der Waals surface area contributed by atoms with Crippen molar-refractivity contribution in [3.8, 4) is 0 Å². The molecule has 0 unspecified atom stereocenters. The Morgan fingerprint density at radius 3 is 2.65 bits per heavy atom. The molecular weight excluding hydrogens is 283 g/mol. The van der Waals surface area contributed by atoms with Crippen molar-refractivity contribution >= 4 is 10.0 Å². The molecule has 0 aliphatic heterocycles. The summed E-state index contributed by atoms with van der Waals surface area (Å²) in [4.78, 5) is -0.0285. The molecule has 0 radical (unpaired) electrons. The Morgan fingerprint density at radius 1 is 1.35 bits per heavy atom. The van der Waals surface area contributed by atoms with E-state index in [4.69, 9.17) is 4.74 Å². The second-order valence-electron chi connectivity index (χ2n) is 4.33. The summed E-state index contributed by atoms with van der Waals surface area (Å²) in [7, 11) is -2.02. The van der Waals surface area contributed by atoms with Gasteiger partial charge in [0.15, 0.2) is 0 Å². The van der Waals surface area contributed by atoms with Gasteiger partial charge in [0.25, 0.3) is 0 Å². The van der Waals surface area contributed by atoms with E-state index in [0.29, 0.717) is 18.7 Å². The summed E-state index contributed by atoms with van der Waals surface area (Å²) in [5, 5.41) is 2.87. The van der Waals surface area contributed by atoms with Gasteiger partial charge in [-0.1, -0.05) is 0 Å². The molecule has 0 heterocycles. The maximum atomic E-state index is 13.8. The third kappa shape index (κ3) is 4.52. The van der Waals surface area contributed by atoms with Gasteiger partial charge in [-0.15, -0.1) is 0 Å². The predicted molar refractivity (Wildman–Crippen MR) is 75.6 cm³/mol. The van der Waals surface area contributed by atoms with E-state index in [-0.39, 0.29) is 23.6 Å². The first-order valence-electron chi connectivity index (χ1n) is 6.43. The average Bonchev–Trinajstić information content (AvgIpc) is 2.39. The Bertz CT molecular complexity index is 547. The van der Waals surface area contributed by atoms with E-state index in [1.807, 2.05) is 6.92 Å². The number of ether oxygens (including phenoxy) is 1. The van der Waals surface area contributed by atoms with Crippen molar-refractivity contribution in [1.82, 2.24) is 10.0 Å². The van der Waals surface area contributed by atoms with E-state index in [9.17, 15) is 12.8 Å². The molecule has 0 aromatic heterocycles. The molecule has 0 atom stereocenters. The molecular formula is C13H21FN2O3S. The lowest BCUT2D eigenvalue weighted by molar-refractivity contribution is 0.153. The monoisotopic (exact) mass is 304 g/mol. The Kier molecular flexibility index (Phi) is 6.54. The maximum Gasteiger partial charge on any atom is 0.241 e. The first kappa shape index (κ1) is 17.0. The Hall–Kier alpha value is -1.02. The summed E-state index contributed by atoms with van der Waals surface area (Å²) in [5.41, 5.74) is 0.703. The van der Waals surface area contributed by atoms with Crippen molar-refractivity contribution < 1.29 is 17.5 Å². The maximum absolute atomic E-state index is 13.8. The van der Waals surface area contributed by atoms with Crippen LogP contribution in [0.1, 0.15) is 18.1 Å². The molecule has 1 aromatic carbocycles. The second-order valence-corrected chi connectivity index (χ2v) is 6.06. The highest BCUT2D eigenvalue weighted by Crippen LogP contribution is 2.20. The molecule has 0 aliphatic rings. The van der Waals surface area contributed by atoms with Gasteiger partial charge >= 0.3 is 0 Å². The molecule has 0 fully saturated rings. The summed E-state index contributed by atoms with van der Waals surface area (Å²) < 4.78 is 45.6. The number of benzene rings is 1. The first-order chi connectivity index (χ1) is 9.42. The third-order valence-corrected chi connectivity index (χ3v) is 4.36. The zero-order valence-electron chi connectivity index (χ0n) is 12.0. The fourth-order valence-corrected chi connectivity index (χ4v) is 3.08. The van der Waals surface area contributed by atoms with Gasteiger partial charge in [0.2, 0.25) is 10.0 Å². The summed E-state index contributed by atoms with van der Waals surface area (Å²) >= 11 is 0. The van der Waals surface area contributed by atoms with E-state index in [1.165, 1.54) is 19.1 Å². The Balaban J connectivity index is 2.98. The molecule has 5 nitrogen and oxygen atoms in total. The smallest absolute Gasteiger partial charge is 0.241 e. The zero-order chi connectivity index (χ0) is 15.2. The number of rotatable bonds is 8. The van der Waals surface area contributed by atoms with Crippen LogP contribution >= 0.6 is 0 Å². The molecule has 0 amide bonds. The fraction of sp³-hybridized carbons (Fsp3) is 0.538. The van der Waals surface area contributed by atoms with Gasteiger partial charge in [-0.25, -0.2) is 17.5 Å². The van der Waals surface area contributed by atoms with Crippen LogP contribution in [0.2, 0.25) is 0 Å². The quantitative estimate of drug-likeness (QED) is 0.708. The second kappa shape index (κ2) is 7.68. The molecule has 20 heavy (non-hydrogen) atoms. The van der Waals surface area contributed by atoms with Crippen molar-refractivity contribution in [3.63, 3.8) is 0 Å². The first-order valence-corrected chi connectivity index (χ1v) is 7.91. The van der Waals surface area contributed by atoms with Crippen molar-refractivity contribution in [2.24, 2.45) is 0 Å². The third-order valence-electron chi connectivity index (χ3n) is 2.77. The van der Waals surface area contributed by atoms with Crippen LogP contribution in [0.15, 0.2) is 17.0 Å². The van der Waals surface area contributed by atoms with Crippen LogP contribution in [-0.2, 0) is 21.3 Å². The van der Waals surface area contributed by atoms with E-state index in [0.717, 1.165) is 0 Å². The van der Waals surface area contributed by atoms with Gasteiger partial charge in [0, 0.05) is 25.3 Å². The number of halogens is 1. The summed E-state index contributed by atoms with van der Waals surface area (Å²) in [6, 6.07) is 2.82. The van der Waals surface area contributed by atoms with E-state index in [1.54, 1.807) is 7.05 Å². The molecule has 7 heteroatoms. The Morgan fingerprint density at radius 2 is 2.05 bits per heavy atom. The van der Waals surface area contributed by atoms with Crippen LogP contribution in [0.3, 0.4) is 0 Å². The molecule has 1 rings (SSSR count). The van der Waals surface area contributed by atoms with Crippen LogP contribution in [0.4, 0.5) is 4.39 Å². The minimum absolute atomic E-state index is 0.0285. The van der Waals surface area contributed by atoms with Crippen LogP contribution in [0.5, 0.6) is 0 Å². The largest absolute Gasteiger partial charge is 0.380 e. The number of nitrogens with one attached hydrogen (secondary N) is 2. The molecule has 0 saturated heterocycles. The van der Waals surface area contributed by atoms with Gasteiger partial charge in [0.05, 0.1) is 11.5 Å². The van der Waals surface area contributed by atoms with Crippen molar-refractivity contribution in [2.45, 2.75) is 25.3 Å². The van der Waals surface area contributed by atoms with Crippen LogP contribution in [0, 0.1) is 12.7 Å². The van der Waals surface area contributed by atoms with Gasteiger partial charge in [-0.2, -0.15) is 0 Å². The number of sulfonamides is 1. The molecule has 0 bridgehead atoms. The van der Waals surface area contributed by atoms with Crippen LogP contribution < -0.4 is 10.0 Å². The minimum atomic E-state index is -3.73. The van der Waals surface area contributed by atoms with Crippen LogP contribution in [-0.4, -0.2) is 35.2 Å². The lowest BCUT2D eigenvalue weighted by atomic mass is 10.1. The summed E-state index contributed by atoms with van der Waals surface area (Å²) in [6.07, 6.45) is 0. The molecule has 1 aromatic rings. The molecule has 2 N–H and O–H groups in total. The number of hydrogen-bond acceptors (Lipinski definition) is 4. The lowest BCUT2D eigenvalue weighted by Crippen LogP contribution is -2.28. The highest BCUT2D eigenvalue weighted by atomic mass is 32.2. The standard InChI is InChI=1S/C13H21FN2O3S/c1-4-19-6-5-16-20(17,18)13-8-11(9-15-3)7-12(14)10(13)2/h7-8,15-16H,4-6,9H2,1-3H3. The normalized spacial score (nSPS) is 11.8. The topological polar surface area (TPSA) is 67.4 Å². The van der Waals surface area contributed by atoms with Gasteiger partial charge in [-0.3, -0.25) is 0 Å². The average molecular weight is 304 g/mol. The summed E-state index contributed by atoms with van der Waals surface area (Å²) in [5.74, 6) is -0.525. The Labute approximate surface area is 119 Å². The predicted octanol–water partition coefficient (Wildman–Crippen LogP) is 1.17. The van der Waals surface area contributed by atoms with Gasteiger partial charge in [-0.05, 0) is 38.6 Å². The van der Waals surface area contributed by atoms with E-state index in [2.05, 4.69) is 10.0 Å². The molecule has 0 aliphatic carbocycles. The van der Waals surface area contributed by atoms with Crippen molar-refractivity contribution in [3.05, 3.63) is 29.1 Å². The summed E-state index contributed by atoms with van der Waals surface area (Å²) in [6.45, 7) is 4.65. The van der Waals surface area contributed by atoms with Gasteiger partial charge < -0.3 is 10.1 Å². The van der Waals surface area contributed by atoms with Gasteiger partial charge in [0.1, 0.15) is 5.82 Å². The highest BCUT2D eigenvalue weighted by molar-refractivity contribution is 7.89. The highest BCUT2D eigenvalue weighted by Gasteiger charge is 2.19. The lowest BCUT2D eigenvalue weighted by Gasteiger charge is -2.12. The van der Waals surface area contributed by atoms with Crippen LogP contribution in [0.25, 0.3) is 0 Å². The fourth-order valence-electron chi connectivity index (χ4n) is 1.76. The molecule has 0 saturated carbocycles. The van der Waals surface area contributed by atoms with E-state index < -0.39 is 15.8 Å². The van der Waals surface area contributed by atoms with Crippen molar-refractivity contribution in [1.29, 1.82) is 0 Å². The zero-order valence-corrected chi connectivity index (χ0v) is 12.8. The SMILES string of the molecule is CCOCCNS(=O)(=O)c1cc(CNC)cc(F)c1C. The van der Waals surface area contributed by atoms with E-state index >= 15 is 0 Å².